The van der Waals surface area contributed by atoms with Gasteiger partial charge in [-0.25, -0.2) is 4.39 Å². The highest BCUT2D eigenvalue weighted by atomic mass is 35.5. The predicted molar refractivity (Wildman–Crippen MR) is 118 cm³/mol. The first kappa shape index (κ1) is 23.1. The number of rotatable bonds is 7. The van der Waals surface area contributed by atoms with Crippen LogP contribution in [0.3, 0.4) is 0 Å². The van der Waals surface area contributed by atoms with Crippen LogP contribution in [0.2, 0.25) is 5.02 Å². The molecule has 0 N–H and O–H groups in total. The molecule has 0 aromatic heterocycles. The molecule has 0 unspecified atom stereocenters. The van der Waals surface area contributed by atoms with Crippen LogP contribution in [0.25, 0.3) is 0 Å². The molecule has 0 atom stereocenters. The Labute approximate surface area is 188 Å². The monoisotopic (exact) mass is 443 g/mol. The molecule has 5 nitrogen and oxygen atoms in total. The quantitative estimate of drug-likeness (QED) is 0.640. The highest BCUT2D eigenvalue weighted by Crippen LogP contribution is 2.34. The number of nitrogens with zero attached hydrogens (tertiary/aromatic N) is 3. The number of carbonyl (C=O) groups excluding carboxylic acids is 1. The Bertz CT molecular complexity index is 948. The Balaban J connectivity index is 1.56. The van der Waals surface area contributed by atoms with Crippen LogP contribution >= 0.6 is 11.6 Å². The lowest BCUT2D eigenvalue weighted by molar-refractivity contribution is -0.135. The molecular formula is C24H27ClFN3O2. The predicted octanol–water partition coefficient (Wildman–Crippen LogP) is 4.29. The van der Waals surface area contributed by atoms with Gasteiger partial charge in [0.1, 0.15) is 11.6 Å². The molecule has 0 spiro atoms. The standard InChI is InChI=1S/C24H27ClFN3O2/c1-28(2)15-19-13-20(25)5-8-22(19)31-16-23(30)29-11-9-24(17-27,10-12-29)14-18-3-6-21(26)7-4-18/h3-8,13H,9-12,14-16H2,1-2H3. The topological polar surface area (TPSA) is 56.6 Å². The van der Waals surface area contributed by atoms with E-state index in [0.717, 1.165) is 11.1 Å². The van der Waals surface area contributed by atoms with Crippen molar-refractivity contribution in [3.8, 4) is 11.8 Å². The molecule has 1 aliphatic heterocycles. The van der Waals surface area contributed by atoms with E-state index in [1.807, 2.05) is 25.1 Å². The molecule has 0 radical (unpaired) electrons. The van der Waals surface area contributed by atoms with E-state index < -0.39 is 5.41 Å². The molecule has 2 aromatic rings. The number of piperidine rings is 1. The van der Waals surface area contributed by atoms with Gasteiger partial charge in [-0.05, 0) is 69.3 Å². The number of carbonyl (C=O) groups is 1. The summed E-state index contributed by atoms with van der Waals surface area (Å²) in [5.41, 5.74) is 1.32. The molecule has 0 bridgehead atoms. The minimum atomic E-state index is -0.537. The number of hydrogen-bond acceptors (Lipinski definition) is 4. The summed E-state index contributed by atoms with van der Waals surface area (Å²) in [7, 11) is 3.91. The van der Waals surface area contributed by atoms with Gasteiger partial charge >= 0.3 is 0 Å². The van der Waals surface area contributed by atoms with Crippen LogP contribution in [0.5, 0.6) is 5.75 Å². The molecule has 3 rings (SSSR count). The van der Waals surface area contributed by atoms with Crippen molar-refractivity contribution in [3.63, 3.8) is 0 Å². The maximum Gasteiger partial charge on any atom is 0.260 e. The van der Waals surface area contributed by atoms with Gasteiger partial charge in [0.15, 0.2) is 6.61 Å². The van der Waals surface area contributed by atoms with E-state index in [9.17, 15) is 14.4 Å². The molecule has 1 heterocycles. The van der Waals surface area contributed by atoms with Gasteiger partial charge in [0.05, 0.1) is 11.5 Å². The van der Waals surface area contributed by atoms with Crippen LogP contribution in [-0.4, -0.2) is 49.5 Å². The largest absolute Gasteiger partial charge is 0.483 e. The van der Waals surface area contributed by atoms with Crippen LogP contribution in [-0.2, 0) is 17.8 Å². The molecule has 1 aliphatic rings. The minimum absolute atomic E-state index is 0.0560. The molecule has 7 heteroatoms. The van der Waals surface area contributed by atoms with Gasteiger partial charge in [0.2, 0.25) is 0 Å². The van der Waals surface area contributed by atoms with E-state index in [1.165, 1.54) is 12.1 Å². The fraction of sp³-hybridized carbons (Fsp3) is 0.417. The van der Waals surface area contributed by atoms with Gasteiger partial charge < -0.3 is 14.5 Å². The van der Waals surface area contributed by atoms with Crippen LogP contribution < -0.4 is 4.74 Å². The summed E-state index contributed by atoms with van der Waals surface area (Å²) in [6.07, 6.45) is 1.72. The fourth-order valence-corrected chi connectivity index (χ4v) is 4.08. The second-order valence-electron chi connectivity index (χ2n) is 8.35. The number of nitriles is 1. The molecule has 1 fully saturated rings. The zero-order valence-corrected chi connectivity index (χ0v) is 18.7. The van der Waals surface area contributed by atoms with Crippen molar-refractivity contribution in [3.05, 3.63) is 64.4 Å². The first-order valence-electron chi connectivity index (χ1n) is 10.3. The second kappa shape index (κ2) is 10.1. The van der Waals surface area contributed by atoms with Crippen LogP contribution in [0.1, 0.15) is 24.0 Å². The van der Waals surface area contributed by atoms with E-state index in [1.54, 1.807) is 29.2 Å². The van der Waals surface area contributed by atoms with Gasteiger partial charge in [-0.15, -0.1) is 0 Å². The van der Waals surface area contributed by atoms with Crippen molar-refractivity contribution in [1.82, 2.24) is 9.80 Å². The molecule has 2 aromatic carbocycles. The third-order valence-corrected chi connectivity index (χ3v) is 5.86. The summed E-state index contributed by atoms with van der Waals surface area (Å²) in [6, 6.07) is 14.1. The molecule has 164 valence electrons. The summed E-state index contributed by atoms with van der Waals surface area (Å²) < 4.78 is 19.0. The molecule has 31 heavy (non-hydrogen) atoms. The zero-order chi connectivity index (χ0) is 22.4. The molecule has 0 saturated carbocycles. The summed E-state index contributed by atoms with van der Waals surface area (Å²) in [5.74, 6) is 0.259. The van der Waals surface area contributed by atoms with E-state index in [-0.39, 0.29) is 18.3 Å². The second-order valence-corrected chi connectivity index (χ2v) is 8.79. The van der Waals surface area contributed by atoms with E-state index in [0.29, 0.717) is 49.7 Å². The number of hydrogen-bond donors (Lipinski definition) is 0. The third kappa shape index (κ3) is 6.19. The first-order valence-corrected chi connectivity index (χ1v) is 10.7. The number of ether oxygens (including phenoxy) is 1. The summed E-state index contributed by atoms with van der Waals surface area (Å²) >= 11 is 6.10. The van der Waals surface area contributed by atoms with E-state index in [2.05, 4.69) is 6.07 Å². The number of likely N-dealkylation sites (tertiary alicyclic amines) is 1. The Morgan fingerprint density at radius 3 is 2.52 bits per heavy atom. The van der Waals surface area contributed by atoms with Crippen LogP contribution in [0.4, 0.5) is 4.39 Å². The van der Waals surface area contributed by atoms with Crippen molar-refractivity contribution in [2.75, 3.05) is 33.8 Å². The number of benzene rings is 2. The highest BCUT2D eigenvalue weighted by molar-refractivity contribution is 6.30. The van der Waals surface area contributed by atoms with Gasteiger partial charge in [-0.1, -0.05) is 23.7 Å². The zero-order valence-electron chi connectivity index (χ0n) is 17.9. The van der Waals surface area contributed by atoms with Crippen molar-refractivity contribution in [2.24, 2.45) is 5.41 Å². The van der Waals surface area contributed by atoms with Crippen LogP contribution in [0.15, 0.2) is 42.5 Å². The number of amides is 1. The fourth-order valence-electron chi connectivity index (χ4n) is 3.89. The smallest absolute Gasteiger partial charge is 0.260 e. The maximum atomic E-state index is 13.2. The lowest BCUT2D eigenvalue weighted by atomic mass is 9.75. The third-order valence-electron chi connectivity index (χ3n) is 5.63. The number of halogens is 2. The van der Waals surface area contributed by atoms with Gasteiger partial charge in [0, 0.05) is 30.2 Å². The average molecular weight is 444 g/mol. The average Bonchev–Trinajstić information content (AvgIpc) is 2.75. The van der Waals surface area contributed by atoms with Gasteiger partial charge in [0.25, 0.3) is 5.91 Å². The Morgan fingerprint density at radius 2 is 1.90 bits per heavy atom. The van der Waals surface area contributed by atoms with Crippen molar-refractivity contribution in [2.45, 2.75) is 25.8 Å². The Kier molecular flexibility index (Phi) is 7.53. The molecule has 1 saturated heterocycles. The van der Waals surface area contributed by atoms with Gasteiger partial charge in [-0.2, -0.15) is 5.26 Å². The Hall–Kier alpha value is -2.62. The maximum absolute atomic E-state index is 13.2. The minimum Gasteiger partial charge on any atom is -0.483 e. The summed E-state index contributed by atoms with van der Waals surface area (Å²) in [6.45, 7) is 1.60. The summed E-state index contributed by atoms with van der Waals surface area (Å²) in [5, 5.41) is 10.4. The van der Waals surface area contributed by atoms with Crippen molar-refractivity contribution < 1.29 is 13.9 Å². The molecular weight excluding hydrogens is 417 g/mol. The lowest BCUT2D eigenvalue weighted by Crippen LogP contribution is -2.45. The van der Waals surface area contributed by atoms with E-state index >= 15 is 0 Å². The molecule has 0 aliphatic carbocycles. The van der Waals surface area contributed by atoms with Crippen molar-refractivity contribution in [1.29, 1.82) is 5.26 Å². The Morgan fingerprint density at radius 1 is 1.23 bits per heavy atom. The summed E-state index contributed by atoms with van der Waals surface area (Å²) in [4.78, 5) is 16.5. The normalized spacial score (nSPS) is 15.5. The molecule has 1 amide bonds. The SMILES string of the molecule is CN(C)Cc1cc(Cl)ccc1OCC(=O)N1CCC(C#N)(Cc2ccc(F)cc2)CC1. The van der Waals surface area contributed by atoms with E-state index in [4.69, 9.17) is 16.3 Å². The van der Waals surface area contributed by atoms with Gasteiger partial charge in [-0.3, -0.25) is 4.79 Å². The van der Waals surface area contributed by atoms with Crippen LogP contribution in [0, 0.1) is 22.6 Å². The van der Waals surface area contributed by atoms with Crippen molar-refractivity contribution >= 4 is 17.5 Å². The first-order chi connectivity index (χ1) is 14.8. The highest BCUT2D eigenvalue weighted by Gasteiger charge is 2.36. The lowest BCUT2D eigenvalue weighted by Gasteiger charge is -2.37.